The van der Waals surface area contributed by atoms with Gasteiger partial charge in [0.25, 0.3) is 0 Å². The molecule has 1 heteroatoms. The van der Waals surface area contributed by atoms with Gasteiger partial charge in [0.1, 0.15) is 0 Å². The van der Waals surface area contributed by atoms with Crippen molar-refractivity contribution in [3.63, 3.8) is 0 Å². The molecule has 218 valence electrons. The van der Waals surface area contributed by atoms with Crippen LogP contribution in [0.2, 0.25) is 0 Å². The summed E-state index contributed by atoms with van der Waals surface area (Å²) in [6.07, 6.45) is 0. The zero-order valence-corrected chi connectivity index (χ0v) is 26.0. The van der Waals surface area contributed by atoms with Crippen LogP contribution < -0.4 is 0 Å². The first kappa shape index (κ1) is 26.7. The fourth-order valence-corrected chi connectivity index (χ4v) is 7.59. The van der Waals surface area contributed by atoms with E-state index in [2.05, 4.69) is 182 Å². The summed E-state index contributed by atoms with van der Waals surface area (Å²) in [5, 5.41) is 2.56. The number of rotatable bonds is 4. The largest absolute Gasteiger partial charge is 0.309 e. The molecule has 0 spiro atoms. The second kappa shape index (κ2) is 10.2. The molecule has 0 unspecified atom stereocenters. The molecule has 0 atom stereocenters. The lowest BCUT2D eigenvalue weighted by atomic mass is 9.82. The van der Waals surface area contributed by atoms with Crippen LogP contribution in [0.25, 0.3) is 72.0 Å². The first-order valence-electron chi connectivity index (χ1n) is 16.1. The molecule has 0 aliphatic heterocycles. The molecule has 1 aromatic heterocycles. The minimum atomic E-state index is -0.109. The van der Waals surface area contributed by atoms with Gasteiger partial charge < -0.3 is 4.57 Å². The maximum atomic E-state index is 2.47. The van der Waals surface area contributed by atoms with Crippen LogP contribution >= 0.6 is 0 Å². The van der Waals surface area contributed by atoms with Gasteiger partial charge in [-0.3, -0.25) is 0 Å². The van der Waals surface area contributed by atoms with Crippen molar-refractivity contribution in [1.29, 1.82) is 0 Å². The van der Waals surface area contributed by atoms with Crippen molar-refractivity contribution < 1.29 is 0 Å². The van der Waals surface area contributed by atoms with Crippen LogP contribution in [-0.2, 0) is 5.41 Å². The van der Waals surface area contributed by atoms with Crippen LogP contribution in [0.3, 0.4) is 0 Å². The van der Waals surface area contributed by atoms with E-state index in [4.69, 9.17) is 0 Å². The van der Waals surface area contributed by atoms with Gasteiger partial charge in [-0.1, -0.05) is 135 Å². The third-order valence-corrected chi connectivity index (χ3v) is 10.0. The number of hydrogen-bond donors (Lipinski definition) is 0. The van der Waals surface area contributed by atoms with Crippen molar-refractivity contribution in [3.8, 4) is 50.2 Å². The third kappa shape index (κ3) is 4.09. The van der Waals surface area contributed by atoms with Gasteiger partial charge in [0.15, 0.2) is 0 Å². The van der Waals surface area contributed by atoms with Crippen molar-refractivity contribution >= 4 is 21.8 Å². The molecule has 1 nitrogen and oxygen atoms in total. The highest BCUT2D eigenvalue weighted by Gasteiger charge is 2.36. The van der Waals surface area contributed by atoms with E-state index in [1.54, 1.807) is 0 Å². The molecule has 1 aliphatic carbocycles. The van der Waals surface area contributed by atoms with Gasteiger partial charge >= 0.3 is 0 Å². The van der Waals surface area contributed by atoms with Crippen LogP contribution in [0.15, 0.2) is 164 Å². The van der Waals surface area contributed by atoms with Gasteiger partial charge in [0.2, 0.25) is 0 Å². The van der Waals surface area contributed by atoms with E-state index < -0.39 is 0 Å². The smallest absolute Gasteiger partial charge is 0.0544 e. The predicted octanol–water partition coefficient (Wildman–Crippen LogP) is 12.1. The van der Waals surface area contributed by atoms with E-state index in [9.17, 15) is 0 Å². The topological polar surface area (TPSA) is 4.93 Å². The van der Waals surface area contributed by atoms with Gasteiger partial charge in [-0.25, -0.2) is 0 Å². The van der Waals surface area contributed by atoms with Gasteiger partial charge in [0.05, 0.1) is 11.0 Å². The Hall–Kier alpha value is -5.66. The van der Waals surface area contributed by atoms with Crippen molar-refractivity contribution in [2.75, 3.05) is 0 Å². The van der Waals surface area contributed by atoms with Crippen LogP contribution in [0.5, 0.6) is 0 Å². The highest BCUT2D eigenvalue weighted by atomic mass is 15.0. The summed E-state index contributed by atoms with van der Waals surface area (Å²) >= 11 is 0. The standard InChI is InChI=1S/C45H33N/c1-45(2)41-24-20-34(31-14-8-4-9-15-31)26-37(41)38-28-40-39-27-35(32-16-10-5-11-17-32)21-25-43(39)46(44(40)29-42(38)45)36-22-18-33(19-23-36)30-12-6-3-7-13-30/h3-29H,1-2H3. The SMILES string of the molecule is CC1(C)c2ccc(-c3ccccc3)cc2-c2cc3c4cc(-c5ccccc5)ccc4n(-c4ccc(-c5ccccc5)cc4)c3cc21. The highest BCUT2D eigenvalue weighted by molar-refractivity contribution is 6.12. The molecule has 46 heavy (non-hydrogen) atoms. The van der Waals surface area contributed by atoms with E-state index in [1.165, 1.54) is 83.1 Å². The molecule has 0 saturated heterocycles. The maximum Gasteiger partial charge on any atom is 0.0544 e. The highest BCUT2D eigenvalue weighted by Crippen LogP contribution is 2.52. The van der Waals surface area contributed by atoms with Gasteiger partial charge in [0, 0.05) is 21.9 Å². The monoisotopic (exact) mass is 587 g/mol. The minimum Gasteiger partial charge on any atom is -0.309 e. The molecule has 0 fully saturated rings. The molecule has 0 radical (unpaired) electrons. The van der Waals surface area contributed by atoms with Crippen molar-refractivity contribution in [3.05, 3.63) is 175 Å². The minimum absolute atomic E-state index is 0.109. The Balaban J connectivity index is 1.30. The van der Waals surface area contributed by atoms with E-state index in [1.807, 2.05) is 0 Å². The van der Waals surface area contributed by atoms with Gasteiger partial charge in [-0.05, 0) is 98.1 Å². The molecule has 1 aliphatic rings. The summed E-state index contributed by atoms with van der Waals surface area (Å²) in [7, 11) is 0. The Morgan fingerprint density at radius 3 is 1.48 bits per heavy atom. The zero-order chi connectivity index (χ0) is 30.8. The lowest BCUT2D eigenvalue weighted by molar-refractivity contribution is 0.661. The van der Waals surface area contributed by atoms with E-state index in [0.717, 1.165) is 0 Å². The second-order valence-electron chi connectivity index (χ2n) is 13.0. The maximum absolute atomic E-state index is 2.47. The molecule has 0 bridgehead atoms. The number of aromatic nitrogens is 1. The van der Waals surface area contributed by atoms with Crippen molar-refractivity contribution in [2.24, 2.45) is 0 Å². The summed E-state index contributed by atoms with van der Waals surface area (Å²) in [5.74, 6) is 0. The quantitative estimate of drug-likeness (QED) is 0.193. The Bertz CT molecular complexity index is 2400. The second-order valence-corrected chi connectivity index (χ2v) is 13.0. The fraction of sp³-hybridized carbons (Fsp3) is 0.0667. The van der Waals surface area contributed by atoms with E-state index >= 15 is 0 Å². The van der Waals surface area contributed by atoms with Crippen LogP contribution in [-0.4, -0.2) is 4.57 Å². The summed E-state index contributed by atoms with van der Waals surface area (Å²) < 4.78 is 2.46. The predicted molar refractivity (Wildman–Crippen MR) is 195 cm³/mol. The van der Waals surface area contributed by atoms with E-state index in [-0.39, 0.29) is 5.41 Å². The van der Waals surface area contributed by atoms with Crippen LogP contribution in [0, 0.1) is 0 Å². The molecular formula is C45H33N. The number of benzene rings is 7. The molecule has 0 N–H and O–H groups in total. The van der Waals surface area contributed by atoms with E-state index in [0.29, 0.717) is 0 Å². The molecular weight excluding hydrogens is 555 g/mol. The molecule has 0 amide bonds. The molecule has 7 aromatic carbocycles. The Morgan fingerprint density at radius 1 is 0.370 bits per heavy atom. The third-order valence-electron chi connectivity index (χ3n) is 10.0. The van der Waals surface area contributed by atoms with Crippen molar-refractivity contribution in [1.82, 2.24) is 4.57 Å². The summed E-state index contributed by atoms with van der Waals surface area (Å²) in [6.45, 7) is 4.75. The fourth-order valence-electron chi connectivity index (χ4n) is 7.59. The normalized spacial score (nSPS) is 13.2. The van der Waals surface area contributed by atoms with Gasteiger partial charge in [-0.15, -0.1) is 0 Å². The average Bonchev–Trinajstić information content (AvgIpc) is 3.55. The molecule has 1 heterocycles. The number of fused-ring (bicyclic) bond motifs is 6. The number of nitrogens with zero attached hydrogens (tertiary/aromatic N) is 1. The summed E-state index contributed by atoms with van der Waals surface area (Å²) in [4.78, 5) is 0. The van der Waals surface area contributed by atoms with Gasteiger partial charge in [-0.2, -0.15) is 0 Å². The summed E-state index contributed by atoms with van der Waals surface area (Å²) in [6, 6.07) is 60.0. The average molecular weight is 588 g/mol. The first-order chi connectivity index (χ1) is 22.6. The summed E-state index contributed by atoms with van der Waals surface area (Å²) in [5.41, 5.74) is 16.4. The lowest BCUT2D eigenvalue weighted by Crippen LogP contribution is -2.15. The van der Waals surface area contributed by atoms with Crippen molar-refractivity contribution in [2.45, 2.75) is 19.3 Å². The Kier molecular flexibility index (Phi) is 5.92. The van der Waals surface area contributed by atoms with Crippen LogP contribution in [0.4, 0.5) is 0 Å². The lowest BCUT2D eigenvalue weighted by Gasteiger charge is -2.22. The number of hydrogen-bond acceptors (Lipinski definition) is 0. The molecule has 0 saturated carbocycles. The Morgan fingerprint density at radius 2 is 0.848 bits per heavy atom. The first-order valence-corrected chi connectivity index (χ1v) is 16.1. The zero-order valence-electron chi connectivity index (χ0n) is 26.0. The Labute approximate surface area is 270 Å². The molecule has 9 rings (SSSR count). The van der Waals surface area contributed by atoms with Crippen LogP contribution in [0.1, 0.15) is 25.0 Å². The molecule has 8 aromatic rings.